The number of anilines is 1. The van der Waals surface area contributed by atoms with Crippen LogP contribution in [0.15, 0.2) is 42.6 Å². The number of carbonyl (C=O) groups is 1. The highest BCUT2D eigenvalue weighted by Gasteiger charge is 2.36. The second-order valence-corrected chi connectivity index (χ2v) is 6.93. The van der Waals surface area contributed by atoms with Crippen LogP contribution < -0.4 is 10.2 Å². The lowest BCUT2D eigenvalue weighted by Gasteiger charge is -2.27. The Morgan fingerprint density at radius 1 is 1.33 bits per heavy atom. The summed E-state index contributed by atoms with van der Waals surface area (Å²) in [6.45, 7) is 2.39. The third kappa shape index (κ3) is 4.35. The maximum atomic E-state index is 12.8. The Bertz CT molecular complexity index is 814. The SMILES string of the molecule is C[C@@H](NC(=O)[C@@H]1CCCN1c1ncc(C(F)(F)F)cc1Cl)c1ccccc1. The first-order valence-corrected chi connectivity index (χ1v) is 9.00. The van der Waals surface area contributed by atoms with Gasteiger partial charge in [0.05, 0.1) is 16.6 Å². The van der Waals surface area contributed by atoms with Crippen LogP contribution >= 0.6 is 11.6 Å². The van der Waals surface area contributed by atoms with Gasteiger partial charge in [-0.25, -0.2) is 4.98 Å². The van der Waals surface area contributed by atoms with Crippen LogP contribution in [0.1, 0.15) is 36.9 Å². The number of amides is 1. The van der Waals surface area contributed by atoms with E-state index in [1.165, 1.54) is 0 Å². The minimum absolute atomic E-state index is 0.111. The van der Waals surface area contributed by atoms with E-state index >= 15 is 0 Å². The summed E-state index contributed by atoms with van der Waals surface area (Å²) in [4.78, 5) is 18.3. The van der Waals surface area contributed by atoms with E-state index < -0.39 is 17.8 Å². The minimum atomic E-state index is -4.51. The van der Waals surface area contributed by atoms with Gasteiger partial charge in [-0.3, -0.25) is 4.79 Å². The second kappa shape index (κ2) is 7.76. The van der Waals surface area contributed by atoms with Gasteiger partial charge in [-0.1, -0.05) is 41.9 Å². The highest BCUT2D eigenvalue weighted by Crippen LogP contribution is 2.35. The molecule has 1 aromatic carbocycles. The van der Waals surface area contributed by atoms with Crippen molar-refractivity contribution in [3.8, 4) is 0 Å². The number of hydrogen-bond acceptors (Lipinski definition) is 3. The van der Waals surface area contributed by atoms with Crippen molar-refractivity contribution in [3.05, 3.63) is 58.7 Å². The zero-order valence-corrected chi connectivity index (χ0v) is 15.4. The normalized spacial score (nSPS) is 18.4. The lowest BCUT2D eigenvalue weighted by Crippen LogP contribution is -2.44. The fourth-order valence-electron chi connectivity index (χ4n) is 3.22. The molecule has 1 saturated heterocycles. The fraction of sp³-hybridized carbons (Fsp3) is 0.368. The first-order valence-electron chi connectivity index (χ1n) is 8.62. The smallest absolute Gasteiger partial charge is 0.348 e. The number of benzene rings is 1. The number of nitrogens with zero attached hydrogens (tertiary/aromatic N) is 2. The Morgan fingerprint density at radius 2 is 2.04 bits per heavy atom. The van der Waals surface area contributed by atoms with Crippen LogP contribution in [0, 0.1) is 0 Å². The molecule has 4 nitrogen and oxygen atoms in total. The standard InChI is InChI=1S/C19H19ClF3N3O/c1-12(13-6-3-2-4-7-13)25-18(27)16-8-5-9-26(16)17-15(20)10-14(11-24-17)19(21,22)23/h2-4,6-7,10-12,16H,5,8-9H2,1H3,(H,25,27)/t12-,16+/m1/s1. The number of carbonyl (C=O) groups excluding carboxylic acids is 1. The van der Waals surface area contributed by atoms with Crippen molar-refractivity contribution in [2.24, 2.45) is 0 Å². The van der Waals surface area contributed by atoms with E-state index in [-0.39, 0.29) is 22.8 Å². The van der Waals surface area contributed by atoms with Crippen LogP contribution in [-0.4, -0.2) is 23.5 Å². The van der Waals surface area contributed by atoms with Gasteiger partial charge in [0, 0.05) is 12.7 Å². The summed E-state index contributed by atoms with van der Waals surface area (Å²) in [5.41, 5.74) is 0.0650. The maximum Gasteiger partial charge on any atom is 0.417 e. The minimum Gasteiger partial charge on any atom is -0.348 e. The summed E-state index contributed by atoms with van der Waals surface area (Å²) in [6, 6.07) is 9.68. The number of aromatic nitrogens is 1. The number of nitrogens with one attached hydrogen (secondary N) is 1. The van der Waals surface area contributed by atoms with Crippen LogP contribution in [-0.2, 0) is 11.0 Å². The van der Waals surface area contributed by atoms with Crippen molar-refractivity contribution >= 4 is 23.3 Å². The van der Waals surface area contributed by atoms with Gasteiger partial charge >= 0.3 is 6.18 Å². The van der Waals surface area contributed by atoms with E-state index in [1.807, 2.05) is 37.3 Å². The molecule has 27 heavy (non-hydrogen) atoms. The molecule has 0 saturated carbocycles. The Labute approximate surface area is 160 Å². The van der Waals surface area contributed by atoms with Gasteiger partial charge in [0.15, 0.2) is 0 Å². The lowest BCUT2D eigenvalue weighted by atomic mass is 10.1. The average molecular weight is 398 g/mol. The topological polar surface area (TPSA) is 45.2 Å². The first kappa shape index (κ1) is 19.5. The molecule has 2 atom stereocenters. The van der Waals surface area contributed by atoms with Crippen molar-refractivity contribution in [2.45, 2.75) is 38.0 Å². The van der Waals surface area contributed by atoms with Crippen molar-refractivity contribution < 1.29 is 18.0 Å². The van der Waals surface area contributed by atoms with E-state index in [1.54, 1.807) is 4.90 Å². The van der Waals surface area contributed by atoms with Crippen molar-refractivity contribution in [1.82, 2.24) is 10.3 Å². The van der Waals surface area contributed by atoms with Crippen LogP contribution in [0.3, 0.4) is 0 Å². The van der Waals surface area contributed by atoms with E-state index in [0.717, 1.165) is 24.2 Å². The molecule has 8 heteroatoms. The summed E-state index contributed by atoms with van der Waals surface area (Å²) >= 11 is 6.05. The van der Waals surface area contributed by atoms with Crippen molar-refractivity contribution in [3.63, 3.8) is 0 Å². The first-order chi connectivity index (χ1) is 12.8. The molecule has 1 N–H and O–H groups in total. The highest BCUT2D eigenvalue weighted by atomic mass is 35.5. The number of halogens is 4. The van der Waals surface area contributed by atoms with Crippen LogP contribution in [0.25, 0.3) is 0 Å². The van der Waals surface area contributed by atoms with Gasteiger partial charge in [-0.15, -0.1) is 0 Å². The molecule has 1 fully saturated rings. The molecular formula is C19H19ClF3N3O. The molecule has 2 heterocycles. The lowest BCUT2D eigenvalue weighted by molar-refractivity contribution is -0.137. The van der Waals surface area contributed by atoms with Gasteiger partial charge in [0.25, 0.3) is 0 Å². The number of rotatable bonds is 4. The molecule has 144 valence electrons. The molecule has 2 aromatic rings. The van der Waals surface area contributed by atoms with E-state index in [2.05, 4.69) is 10.3 Å². The maximum absolute atomic E-state index is 12.8. The predicted octanol–water partition coefficient (Wildman–Crippen LogP) is 4.60. The summed E-state index contributed by atoms with van der Waals surface area (Å²) in [7, 11) is 0. The number of hydrogen-bond donors (Lipinski definition) is 1. The van der Waals surface area contributed by atoms with E-state index in [9.17, 15) is 18.0 Å². The number of alkyl halides is 3. The largest absolute Gasteiger partial charge is 0.417 e. The van der Waals surface area contributed by atoms with Gasteiger partial charge in [-0.05, 0) is 31.4 Å². The number of pyridine rings is 1. The average Bonchev–Trinajstić information content (AvgIpc) is 3.11. The summed E-state index contributed by atoms with van der Waals surface area (Å²) < 4.78 is 38.4. The van der Waals surface area contributed by atoms with Crippen LogP contribution in [0.2, 0.25) is 5.02 Å². The molecule has 0 spiro atoms. The predicted molar refractivity (Wildman–Crippen MR) is 97.6 cm³/mol. The van der Waals surface area contributed by atoms with Crippen LogP contribution in [0.5, 0.6) is 0 Å². The zero-order valence-electron chi connectivity index (χ0n) is 14.6. The van der Waals surface area contributed by atoms with Crippen molar-refractivity contribution in [2.75, 3.05) is 11.4 Å². The third-order valence-corrected chi connectivity index (χ3v) is 4.91. The molecule has 0 unspecified atom stereocenters. The molecule has 1 amide bonds. The molecular weight excluding hydrogens is 379 g/mol. The molecule has 0 bridgehead atoms. The molecule has 3 rings (SSSR count). The molecule has 1 aliphatic heterocycles. The fourth-order valence-corrected chi connectivity index (χ4v) is 3.50. The second-order valence-electron chi connectivity index (χ2n) is 6.52. The molecule has 1 aliphatic rings. The molecule has 0 radical (unpaired) electrons. The van der Waals surface area contributed by atoms with Crippen molar-refractivity contribution in [1.29, 1.82) is 0 Å². The third-order valence-electron chi connectivity index (χ3n) is 4.63. The van der Waals surface area contributed by atoms with Gasteiger partial charge in [0.2, 0.25) is 5.91 Å². The Hall–Kier alpha value is -2.28. The van der Waals surface area contributed by atoms with Gasteiger partial charge in [0.1, 0.15) is 11.9 Å². The Morgan fingerprint density at radius 3 is 2.67 bits per heavy atom. The van der Waals surface area contributed by atoms with Gasteiger partial charge < -0.3 is 10.2 Å². The highest BCUT2D eigenvalue weighted by molar-refractivity contribution is 6.33. The molecule has 1 aromatic heterocycles. The van der Waals surface area contributed by atoms with E-state index in [4.69, 9.17) is 11.6 Å². The van der Waals surface area contributed by atoms with E-state index in [0.29, 0.717) is 13.0 Å². The summed E-state index contributed by atoms with van der Waals surface area (Å²) in [6.07, 6.45) is -2.44. The zero-order chi connectivity index (χ0) is 19.6. The van der Waals surface area contributed by atoms with Crippen LogP contribution in [0.4, 0.5) is 19.0 Å². The quantitative estimate of drug-likeness (QED) is 0.820. The Balaban J connectivity index is 1.76. The monoisotopic (exact) mass is 397 g/mol. The summed E-state index contributed by atoms with van der Waals surface area (Å²) in [5, 5.41) is 2.85. The molecule has 0 aliphatic carbocycles. The Kier molecular flexibility index (Phi) is 5.60. The van der Waals surface area contributed by atoms with Gasteiger partial charge in [-0.2, -0.15) is 13.2 Å². The summed E-state index contributed by atoms with van der Waals surface area (Å²) in [5.74, 6) is 0.0105.